The van der Waals surface area contributed by atoms with Gasteiger partial charge in [-0.3, -0.25) is 0 Å². The molecule has 0 aliphatic rings. The summed E-state index contributed by atoms with van der Waals surface area (Å²) in [6.45, 7) is 0. The van der Waals surface area contributed by atoms with Gasteiger partial charge < -0.3 is 14.8 Å². The number of benzene rings is 2. The smallest absolute Gasteiger partial charge is 0.333 e. The zero-order valence-corrected chi connectivity index (χ0v) is 15.5. The van der Waals surface area contributed by atoms with Gasteiger partial charge in [-0.2, -0.15) is 0 Å². The summed E-state index contributed by atoms with van der Waals surface area (Å²) in [5.41, 5.74) is 0.178. The van der Waals surface area contributed by atoms with Crippen molar-refractivity contribution >= 4 is 44.9 Å². The number of rotatable bonds is 5. The predicted octanol–water partition coefficient (Wildman–Crippen LogP) is 3.52. The number of carbonyl (C=O) groups is 1. The van der Waals surface area contributed by atoms with Gasteiger partial charge in [0.05, 0.1) is 29.8 Å². The molecule has 0 bridgehead atoms. The molecule has 0 aromatic heterocycles. The molecule has 2 amide bonds. The van der Waals surface area contributed by atoms with Crippen LogP contribution in [0, 0.1) is 0 Å². The highest BCUT2D eigenvalue weighted by Gasteiger charge is 2.19. The third-order valence-electron chi connectivity index (χ3n) is 3.07. The molecule has 0 heterocycles. The van der Waals surface area contributed by atoms with E-state index in [4.69, 9.17) is 32.7 Å². The van der Waals surface area contributed by atoms with Crippen molar-refractivity contribution in [2.45, 2.75) is 4.90 Å². The van der Waals surface area contributed by atoms with Crippen molar-refractivity contribution in [1.82, 2.24) is 4.72 Å². The minimum absolute atomic E-state index is 0.105. The Bertz CT molecular complexity index is 886. The fourth-order valence-electron chi connectivity index (χ4n) is 1.90. The first-order chi connectivity index (χ1) is 11.8. The lowest BCUT2D eigenvalue weighted by Crippen LogP contribution is -2.34. The summed E-state index contributed by atoms with van der Waals surface area (Å²) in [6.07, 6.45) is 0. The molecular weight excluding hydrogens is 391 g/mol. The monoisotopic (exact) mass is 404 g/mol. The average Bonchev–Trinajstić information content (AvgIpc) is 2.55. The van der Waals surface area contributed by atoms with Crippen molar-refractivity contribution in [3.63, 3.8) is 0 Å². The number of hydrogen-bond donors (Lipinski definition) is 2. The van der Waals surface area contributed by atoms with Gasteiger partial charge in [-0.15, -0.1) is 0 Å². The number of methoxy groups -OCH3 is 2. The van der Waals surface area contributed by atoms with Gasteiger partial charge in [0.15, 0.2) is 0 Å². The largest absolute Gasteiger partial charge is 0.495 e. The topological polar surface area (TPSA) is 93.7 Å². The van der Waals surface area contributed by atoms with Crippen molar-refractivity contribution in [3.8, 4) is 11.5 Å². The number of halogens is 2. The fourth-order valence-corrected chi connectivity index (χ4v) is 3.17. The van der Waals surface area contributed by atoms with Crippen LogP contribution in [-0.4, -0.2) is 28.7 Å². The van der Waals surface area contributed by atoms with E-state index in [1.54, 1.807) is 0 Å². The Kier molecular flexibility index (Phi) is 5.99. The molecule has 0 radical (unpaired) electrons. The van der Waals surface area contributed by atoms with Gasteiger partial charge >= 0.3 is 6.03 Å². The predicted molar refractivity (Wildman–Crippen MR) is 95.3 cm³/mol. The Morgan fingerprint density at radius 1 is 1.00 bits per heavy atom. The SMILES string of the molecule is COc1cc(OC)c(NC(=O)NS(=O)(=O)c2ccc(Cl)cc2)cc1Cl. The van der Waals surface area contributed by atoms with Crippen molar-refractivity contribution < 1.29 is 22.7 Å². The Balaban J connectivity index is 2.20. The summed E-state index contributed by atoms with van der Waals surface area (Å²) in [7, 11) is -1.24. The minimum Gasteiger partial charge on any atom is -0.495 e. The van der Waals surface area contributed by atoms with E-state index in [1.807, 2.05) is 4.72 Å². The summed E-state index contributed by atoms with van der Waals surface area (Å²) >= 11 is 11.7. The van der Waals surface area contributed by atoms with Crippen molar-refractivity contribution in [2.75, 3.05) is 19.5 Å². The van der Waals surface area contributed by atoms with E-state index in [0.29, 0.717) is 10.8 Å². The van der Waals surface area contributed by atoms with E-state index in [2.05, 4.69) is 5.32 Å². The molecular formula is C15H14Cl2N2O5S. The first kappa shape index (κ1) is 19.2. The lowest BCUT2D eigenvalue weighted by Gasteiger charge is -2.13. The molecule has 0 spiro atoms. The average molecular weight is 405 g/mol. The lowest BCUT2D eigenvalue weighted by atomic mass is 10.2. The van der Waals surface area contributed by atoms with Crippen LogP contribution in [0.25, 0.3) is 0 Å². The number of carbonyl (C=O) groups excluding carboxylic acids is 1. The molecule has 10 heteroatoms. The van der Waals surface area contributed by atoms with Gasteiger partial charge in [-0.25, -0.2) is 17.9 Å². The summed E-state index contributed by atoms with van der Waals surface area (Å²) in [4.78, 5) is 11.9. The van der Waals surface area contributed by atoms with Gasteiger partial charge in [-0.05, 0) is 30.3 Å². The zero-order valence-electron chi connectivity index (χ0n) is 13.2. The second-order valence-corrected chi connectivity index (χ2v) is 7.23. The summed E-state index contributed by atoms with van der Waals surface area (Å²) in [5, 5.41) is 2.97. The molecule has 2 aromatic carbocycles. The molecule has 134 valence electrons. The van der Waals surface area contributed by atoms with Crippen LogP contribution in [0.1, 0.15) is 0 Å². The normalized spacial score (nSPS) is 10.9. The number of amides is 2. The van der Waals surface area contributed by atoms with Crippen molar-refractivity contribution in [2.24, 2.45) is 0 Å². The minimum atomic E-state index is -4.06. The molecule has 0 aliphatic heterocycles. The molecule has 0 saturated carbocycles. The third-order valence-corrected chi connectivity index (χ3v) is 4.97. The molecule has 2 N–H and O–H groups in total. The van der Waals surface area contributed by atoms with E-state index in [1.165, 1.54) is 50.6 Å². The number of nitrogens with one attached hydrogen (secondary N) is 2. The molecule has 7 nitrogen and oxygen atoms in total. The van der Waals surface area contributed by atoms with E-state index < -0.39 is 16.1 Å². The summed E-state index contributed by atoms with van der Waals surface area (Å²) < 4.78 is 36.4. The Labute approximate surface area is 154 Å². The number of anilines is 1. The standard InChI is InChI=1S/C15H14Cl2N2O5S/c1-23-13-8-14(24-2)12(7-11(13)17)18-15(20)19-25(21,22)10-5-3-9(16)4-6-10/h3-8H,1-2H3,(H2,18,19,20). The van der Waals surface area contributed by atoms with Gasteiger partial charge in [-0.1, -0.05) is 23.2 Å². The van der Waals surface area contributed by atoms with Crippen LogP contribution in [0.2, 0.25) is 10.0 Å². The summed E-state index contributed by atoms with van der Waals surface area (Å²) in [5.74, 6) is 0.596. The van der Waals surface area contributed by atoms with E-state index in [0.717, 1.165) is 0 Å². The summed E-state index contributed by atoms with van der Waals surface area (Å²) in [6, 6.07) is 7.24. The molecule has 0 saturated heterocycles. The number of ether oxygens (including phenoxy) is 2. The van der Waals surface area contributed by atoms with Crippen molar-refractivity contribution in [1.29, 1.82) is 0 Å². The van der Waals surface area contributed by atoms with E-state index in [9.17, 15) is 13.2 Å². The third kappa shape index (κ3) is 4.68. The Morgan fingerprint density at radius 2 is 1.60 bits per heavy atom. The first-order valence-electron chi connectivity index (χ1n) is 6.77. The molecule has 2 rings (SSSR count). The zero-order chi connectivity index (χ0) is 18.6. The Hall–Kier alpha value is -2.16. The van der Waals surface area contributed by atoms with Crippen molar-refractivity contribution in [3.05, 3.63) is 46.4 Å². The van der Waals surface area contributed by atoms with Crippen LogP contribution in [0.3, 0.4) is 0 Å². The molecule has 0 aliphatic carbocycles. The fraction of sp³-hybridized carbons (Fsp3) is 0.133. The van der Waals surface area contributed by atoms with Crippen LogP contribution in [-0.2, 0) is 10.0 Å². The van der Waals surface area contributed by atoms with Gasteiger partial charge in [0, 0.05) is 11.1 Å². The maximum absolute atomic E-state index is 12.2. The molecule has 0 fully saturated rings. The van der Waals surface area contributed by atoms with Gasteiger partial charge in [0.25, 0.3) is 10.0 Å². The van der Waals surface area contributed by atoms with Crippen LogP contribution < -0.4 is 19.5 Å². The highest BCUT2D eigenvalue weighted by atomic mass is 35.5. The first-order valence-corrected chi connectivity index (χ1v) is 9.01. The number of hydrogen-bond acceptors (Lipinski definition) is 5. The van der Waals surface area contributed by atoms with Crippen LogP contribution in [0.15, 0.2) is 41.3 Å². The maximum atomic E-state index is 12.2. The Morgan fingerprint density at radius 3 is 2.16 bits per heavy atom. The van der Waals surface area contributed by atoms with E-state index >= 15 is 0 Å². The quantitative estimate of drug-likeness (QED) is 0.794. The number of urea groups is 1. The molecule has 2 aromatic rings. The van der Waals surface area contributed by atoms with E-state index in [-0.39, 0.29) is 21.4 Å². The van der Waals surface area contributed by atoms with Crippen LogP contribution in [0.4, 0.5) is 10.5 Å². The maximum Gasteiger partial charge on any atom is 0.333 e. The van der Waals surface area contributed by atoms with Gasteiger partial charge in [0.2, 0.25) is 0 Å². The van der Waals surface area contributed by atoms with Crippen LogP contribution >= 0.6 is 23.2 Å². The second-order valence-electron chi connectivity index (χ2n) is 4.70. The highest BCUT2D eigenvalue weighted by molar-refractivity contribution is 7.90. The highest BCUT2D eigenvalue weighted by Crippen LogP contribution is 2.35. The van der Waals surface area contributed by atoms with Crippen LogP contribution in [0.5, 0.6) is 11.5 Å². The number of sulfonamides is 1. The second kappa shape index (κ2) is 7.81. The lowest BCUT2D eigenvalue weighted by molar-refractivity contribution is 0.256. The molecule has 0 atom stereocenters. The van der Waals surface area contributed by atoms with Gasteiger partial charge in [0.1, 0.15) is 11.5 Å². The molecule has 25 heavy (non-hydrogen) atoms. The molecule has 0 unspecified atom stereocenters.